The van der Waals surface area contributed by atoms with E-state index in [9.17, 15) is 22.8 Å². The van der Waals surface area contributed by atoms with Crippen molar-refractivity contribution in [2.24, 2.45) is 5.92 Å². The zero-order chi connectivity index (χ0) is 29.1. The summed E-state index contributed by atoms with van der Waals surface area (Å²) in [5.41, 5.74) is 7.60. The highest BCUT2D eigenvalue weighted by Crippen LogP contribution is 2.40. The lowest BCUT2D eigenvalue weighted by Gasteiger charge is -2.28. The van der Waals surface area contributed by atoms with E-state index in [0.29, 0.717) is 35.6 Å². The first-order valence-electron chi connectivity index (χ1n) is 13.5. The zero-order valence-corrected chi connectivity index (χ0v) is 22.4. The molecule has 2 amide bonds. The van der Waals surface area contributed by atoms with Crippen LogP contribution in [0.2, 0.25) is 0 Å². The largest absolute Gasteiger partial charge is 0.416 e. The maximum atomic E-state index is 13.0. The highest BCUT2D eigenvalue weighted by molar-refractivity contribution is 6.04. The number of carbonyl (C=O) groups excluding carboxylic acids is 2. The molecule has 1 saturated carbocycles. The van der Waals surface area contributed by atoms with Crippen molar-refractivity contribution in [2.75, 3.05) is 17.6 Å². The number of nitrogens with one attached hydrogen (secondary N) is 2. The Bertz CT molecular complexity index is 1570. The first-order valence-corrected chi connectivity index (χ1v) is 13.5. The number of amides is 2. The minimum Gasteiger partial charge on any atom is -0.382 e. The Balaban J connectivity index is 1.39. The van der Waals surface area contributed by atoms with Crippen LogP contribution >= 0.6 is 0 Å². The van der Waals surface area contributed by atoms with Crippen molar-refractivity contribution >= 4 is 29.0 Å². The number of aromatic nitrogens is 4. The molecular weight excluding hydrogens is 535 g/mol. The number of nitrogens with zero attached hydrogens (tertiary/aromatic N) is 4. The molecule has 1 aliphatic rings. The van der Waals surface area contributed by atoms with Crippen LogP contribution in [0, 0.1) is 5.92 Å². The molecule has 0 saturated heterocycles. The Morgan fingerprint density at radius 1 is 1.10 bits per heavy atom. The van der Waals surface area contributed by atoms with Crippen molar-refractivity contribution in [3.8, 4) is 11.3 Å². The highest BCUT2D eigenvalue weighted by Gasteiger charge is 2.31. The topological polar surface area (TPSA) is 127 Å². The molecule has 2 atom stereocenters. The third-order valence-electron chi connectivity index (χ3n) is 7.36. The molecule has 0 radical (unpaired) electrons. The summed E-state index contributed by atoms with van der Waals surface area (Å²) in [7, 11) is 0. The molecule has 9 nitrogen and oxygen atoms in total. The zero-order valence-electron chi connectivity index (χ0n) is 22.4. The smallest absolute Gasteiger partial charge is 0.382 e. The average molecular weight is 566 g/mol. The fourth-order valence-electron chi connectivity index (χ4n) is 5.46. The van der Waals surface area contributed by atoms with Gasteiger partial charge in [0.15, 0.2) is 0 Å². The number of imidazole rings is 1. The summed E-state index contributed by atoms with van der Waals surface area (Å²) in [5, 5.41) is 5.30. The second-order valence-electron chi connectivity index (χ2n) is 10.2. The Labute approximate surface area is 234 Å². The number of hydrogen-bond acceptors (Lipinski definition) is 6. The van der Waals surface area contributed by atoms with Gasteiger partial charge in [-0.3, -0.25) is 14.0 Å². The number of hydrogen-bond donors (Lipinski definition) is 3. The van der Waals surface area contributed by atoms with Gasteiger partial charge in [-0.25, -0.2) is 15.0 Å². The molecule has 1 aliphatic carbocycles. The molecule has 3 aromatic heterocycles. The minimum absolute atomic E-state index is 0.0632. The van der Waals surface area contributed by atoms with Gasteiger partial charge in [-0.2, -0.15) is 13.2 Å². The minimum atomic E-state index is -4.55. The van der Waals surface area contributed by atoms with E-state index in [0.717, 1.165) is 49.8 Å². The molecule has 0 bridgehead atoms. The molecule has 12 heteroatoms. The molecule has 3 heterocycles. The summed E-state index contributed by atoms with van der Waals surface area (Å²) >= 11 is 0. The monoisotopic (exact) mass is 565 g/mol. The van der Waals surface area contributed by atoms with E-state index in [1.54, 1.807) is 30.5 Å². The van der Waals surface area contributed by atoms with Crippen LogP contribution in [-0.2, 0) is 11.0 Å². The first-order chi connectivity index (χ1) is 19.6. The number of nitrogens with two attached hydrogens (primary N) is 1. The maximum Gasteiger partial charge on any atom is 0.416 e. The van der Waals surface area contributed by atoms with E-state index in [-0.39, 0.29) is 29.1 Å². The molecule has 4 aromatic rings. The highest BCUT2D eigenvalue weighted by atomic mass is 19.4. The van der Waals surface area contributed by atoms with E-state index in [2.05, 4.69) is 20.6 Å². The number of anilines is 2. The third-order valence-corrected chi connectivity index (χ3v) is 7.36. The van der Waals surface area contributed by atoms with Crippen LogP contribution in [-0.4, -0.2) is 37.7 Å². The van der Waals surface area contributed by atoms with Gasteiger partial charge in [-0.15, -0.1) is 0 Å². The second-order valence-corrected chi connectivity index (χ2v) is 10.2. The van der Waals surface area contributed by atoms with Crippen LogP contribution in [0.1, 0.15) is 66.7 Å². The van der Waals surface area contributed by atoms with Gasteiger partial charge in [0, 0.05) is 48.6 Å². The molecule has 41 heavy (non-hydrogen) atoms. The van der Waals surface area contributed by atoms with Gasteiger partial charge >= 0.3 is 6.18 Å². The number of fused-ring (bicyclic) bond motifs is 1. The van der Waals surface area contributed by atoms with Crippen molar-refractivity contribution in [1.82, 2.24) is 24.7 Å². The fourth-order valence-corrected chi connectivity index (χ4v) is 5.46. The lowest BCUT2D eigenvalue weighted by molar-refractivity contribution is -0.137. The number of pyridine rings is 1. The number of rotatable bonds is 7. The molecule has 214 valence electrons. The SMILES string of the molecule is CCNC(=O)C[C@H]1CCC[C@@H](c2nc(-c3ccc(C(=O)Nc4cc(C(F)(F)F)ccn4)cc3)c3c(N)nccn23)C1. The normalized spacial score (nSPS) is 17.4. The quantitative estimate of drug-likeness (QED) is 0.274. The molecule has 4 N–H and O–H groups in total. The number of halogens is 3. The van der Waals surface area contributed by atoms with Gasteiger partial charge in [0.05, 0.1) is 5.56 Å². The Kier molecular flexibility index (Phi) is 7.91. The summed E-state index contributed by atoms with van der Waals surface area (Å²) in [6.45, 7) is 2.52. The summed E-state index contributed by atoms with van der Waals surface area (Å²) in [6, 6.07) is 8.19. The summed E-state index contributed by atoms with van der Waals surface area (Å²) < 4.78 is 41.0. The van der Waals surface area contributed by atoms with Crippen LogP contribution in [0.15, 0.2) is 55.0 Å². The Morgan fingerprint density at radius 3 is 2.61 bits per heavy atom. The van der Waals surface area contributed by atoms with Crippen LogP contribution in [0.5, 0.6) is 0 Å². The number of alkyl halides is 3. The van der Waals surface area contributed by atoms with Crippen molar-refractivity contribution in [1.29, 1.82) is 0 Å². The number of benzene rings is 1. The van der Waals surface area contributed by atoms with Crippen molar-refractivity contribution in [3.63, 3.8) is 0 Å². The van der Waals surface area contributed by atoms with Crippen LogP contribution in [0.4, 0.5) is 24.8 Å². The lowest BCUT2D eigenvalue weighted by Crippen LogP contribution is -2.27. The summed E-state index contributed by atoms with van der Waals surface area (Å²) in [5.74, 6) is 0.829. The lowest BCUT2D eigenvalue weighted by atomic mass is 9.79. The van der Waals surface area contributed by atoms with Gasteiger partial charge < -0.3 is 16.4 Å². The van der Waals surface area contributed by atoms with E-state index in [1.807, 2.05) is 17.5 Å². The van der Waals surface area contributed by atoms with Gasteiger partial charge in [0.25, 0.3) is 5.91 Å². The molecule has 0 unspecified atom stereocenters. The van der Waals surface area contributed by atoms with Crippen molar-refractivity contribution in [3.05, 3.63) is 71.9 Å². The van der Waals surface area contributed by atoms with Gasteiger partial charge in [-0.05, 0) is 56.4 Å². The summed E-state index contributed by atoms with van der Waals surface area (Å²) in [4.78, 5) is 38.0. The van der Waals surface area contributed by atoms with Crippen LogP contribution in [0.25, 0.3) is 16.8 Å². The van der Waals surface area contributed by atoms with Crippen LogP contribution < -0.4 is 16.4 Å². The third kappa shape index (κ3) is 6.16. The van der Waals surface area contributed by atoms with E-state index in [1.165, 1.54) is 0 Å². The molecule has 0 spiro atoms. The van der Waals surface area contributed by atoms with Gasteiger partial charge in [0.2, 0.25) is 5.91 Å². The Hall–Kier alpha value is -4.48. The molecule has 0 aliphatic heterocycles. The molecular formula is C29H30F3N7O2. The maximum absolute atomic E-state index is 13.0. The van der Waals surface area contributed by atoms with Gasteiger partial charge in [0.1, 0.15) is 28.7 Å². The molecule has 1 aromatic carbocycles. The second kappa shape index (κ2) is 11.6. The average Bonchev–Trinajstić information content (AvgIpc) is 3.34. The van der Waals surface area contributed by atoms with Crippen molar-refractivity contribution < 1.29 is 22.8 Å². The van der Waals surface area contributed by atoms with E-state index in [4.69, 9.17) is 10.7 Å². The fraction of sp³-hybridized carbons (Fsp3) is 0.345. The van der Waals surface area contributed by atoms with E-state index >= 15 is 0 Å². The first kappa shape index (κ1) is 28.1. The molecule has 5 rings (SSSR count). The van der Waals surface area contributed by atoms with Crippen molar-refractivity contribution in [2.45, 2.75) is 51.1 Å². The predicted molar refractivity (Wildman–Crippen MR) is 148 cm³/mol. The number of carbonyl (C=O) groups is 2. The Morgan fingerprint density at radius 2 is 1.88 bits per heavy atom. The van der Waals surface area contributed by atoms with Crippen LogP contribution in [0.3, 0.4) is 0 Å². The molecule has 1 fully saturated rings. The number of nitrogen functional groups attached to an aromatic ring is 1. The van der Waals surface area contributed by atoms with E-state index < -0.39 is 17.6 Å². The predicted octanol–water partition coefficient (Wildman–Crippen LogP) is 5.44. The summed E-state index contributed by atoms with van der Waals surface area (Å²) in [6.07, 6.45) is 4.15. The standard InChI is InChI=1S/C29H30F3N7O2/c1-2-34-23(40)15-17-4-3-5-20(14-17)27-38-24(25-26(33)36-12-13-39(25)27)18-6-8-19(9-7-18)28(41)37-22-16-21(10-11-35-22)29(30,31)32/h6-13,16-17,20H,2-5,14-15H2,1H3,(H2,33,36)(H,34,40)(H,35,37,41)/t17-,20+/m0/s1. The van der Waals surface area contributed by atoms with Gasteiger partial charge in [-0.1, -0.05) is 18.6 Å².